The molecule has 0 aromatic carbocycles. The quantitative estimate of drug-likeness (QED) is 0.531. The molecule has 0 heterocycles. The fraction of sp³-hybridized carbons (Fsp3) is 0.833. The minimum absolute atomic E-state index is 0.0997. The molecular formula is C6H14N2. The van der Waals surface area contributed by atoms with Gasteiger partial charge in [0.15, 0.2) is 0 Å². The SMILES string of the molecule is CC(C)(N)CCC=N. The zero-order valence-electron chi connectivity index (χ0n) is 5.57. The van der Waals surface area contributed by atoms with Crippen molar-refractivity contribution in [2.24, 2.45) is 5.73 Å². The van der Waals surface area contributed by atoms with Gasteiger partial charge in [0.05, 0.1) is 0 Å². The Hall–Kier alpha value is -0.370. The molecule has 8 heavy (non-hydrogen) atoms. The molecule has 0 saturated heterocycles. The molecule has 48 valence electrons. The van der Waals surface area contributed by atoms with Crippen molar-refractivity contribution in [3.05, 3.63) is 0 Å². The Morgan fingerprint density at radius 2 is 2.12 bits per heavy atom. The maximum absolute atomic E-state index is 6.70. The monoisotopic (exact) mass is 114 g/mol. The van der Waals surface area contributed by atoms with E-state index in [4.69, 9.17) is 11.1 Å². The molecule has 0 aromatic heterocycles. The molecule has 0 atom stereocenters. The molecule has 0 aliphatic heterocycles. The van der Waals surface area contributed by atoms with Crippen LogP contribution in [-0.4, -0.2) is 11.8 Å². The third-order valence-corrected chi connectivity index (χ3v) is 0.933. The van der Waals surface area contributed by atoms with Crippen LogP contribution in [0.4, 0.5) is 0 Å². The van der Waals surface area contributed by atoms with Gasteiger partial charge in [0.1, 0.15) is 0 Å². The lowest BCUT2D eigenvalue weighted by Crippen LogP contribution is -2.31. The highest BCUT2D eigenvalue weighted by Crippen LogP contribution is 2.04. The average Bonchev–Trinajstić information content (AvgIpc) is 1.59. The lowest BCUT2D eigenvalue weighted by molar-refractivity contribution is 0.488. The number of nitrogens with two attached hydrogens (primary N) is 1. The zero-order valence-corrected chi connectivity index (χ0v) is 5.57. The largest absolute Gasteiger partial charge is 0.326 e. The summed E-state index contributed by atoms with van der Waals surface area (Å²) in [6.45, 7) is 3.94. The second-order valence-electron chi connectivity index (χ2n) is 2.73. The van der Waals surface area contributed by atoms with Gasteiger partial charge in [-0.3, -0.25) is 0 Å². The van der Waals surface area contributed by atoms with Gasteiger partial charge in [-0.1, -0.05) is 0 Å². The number of rotatable bonds is 3. The highest BCUT2D eigenvalue weighted by Gasteiger charge is 2.07. The van der Waals surface area contributed by atoms with Crippen molar-refractivity contribution >= 4 is 6.21 Å². The molecule has 2 nitrogen and oxygen atoms in total. The third kappa shape index (κ3) is 5.63. The van der Waals surface area contributed by atoms with Crippen molar-refractivity contribution in [1.29, 1.82) is 5.41 Å². The van der Waals surface area contributed by atoms with Crippen molar-refractivity contribution in [2.75, 3.05) is 0 Å². The number of nitrogens with one attached hydrogen (secondary N) is 1. The Morgan fingerprint density at radius 3 is 2.25 bits per heavy atom. The zero-order chi connectivity index (χ0) is 6.62. The molecule has 0 fully saturated rings. The summed E-state index contributed by atoms with van der Waals surface area (Å²) in [7, 11) is 0. The fourth-order valence-electron chi connectivity index (χ4n) is 0.444. The summed E-state index contributed by atoms with van der Waals surface area (Å²) in [4.78, 5) is 0. The highest BCUT2D eigenvalue weighted by molar-refractivity contribution is 5.52. The van der Waals surface area contributed by atoms with E-state index in [2.05, 4.69) is 0 Å². The minimum atomic E-state index is -0.0997. The second-order valence-corrected chi connectivity index (χ2v) is 2.73. The van der Waals surface area contributed by atoms with Crippen molar-refractivity contribution in [1.82, 2.24) is 0 Å². The molecule has 0 aliphatic rings. The first-order chi connectivity index (χ1) is 3.56. The standard InChI is InChI=1S/C6H14N2/c1-6(2,8)4-3-5-7/h5,7H,3-4,8H2,1-2H3. The Bertz CT molecular complexity index is 71.1. The van der Waals surface area contributed by atoms with Crippen LogP contribution >= 0.6 is 0 Å². The smallest absolute Gasteiger partial charge is 0.0101 e. The molecule has 0 unspecified atom stereocenters. The van der Waals surface area contributed by atoms with Gasteiger partial charge in [-0.15, -0.1) is 0 Å². The molecule has 0 spiro atoms. The van der Waals surface area contributed by atoms with E-state index in [0.29, 0.717) is 0 Å². The van der Waals surface area contributed by atoms with Gasteiger partial charge >= 0.3 is 0 Å². The maximum Gasteiger partial charge on any atom is 0.0101 e. The van der Waals surface area contributed by atoms with Crippen molar-refractivity contribution < 1.29 is 0 Å². The van der Waals surface area contributed by atoms with Crippen LogP contribution in [0, 0.1) is 5.41 Å². The van der Waals surface area contributed by atoms with Crippen LogP contribution in [0.3, 0.4) is 0 Å². The van der Waals surface area contributed by atoms with E-state index in [0.717, 1.165) is 12.8 Å². The lowest BCUT2D eigenvalue weighted by Gasteiger charge is -2.15. The van der Waals surface area contributed by atoms with Crippen LogP contribution < -0.4 is 5.73 Å². The minimum Gasteiger partial charge on any atom is -0.326 e. The first-order valence-corrected chi connectivity index (χ1v) is 2.84. The first kappa shape index (κ1) is 7.63. The first-order valence-electron chi connectivity index (χ1n) is 2.84. The second kappa shape index (κ2) is 2.82. The summed E-state index contributed by atoms with van der Waals surface area (Å²) in [5, 5.41) is 6.70. The van der Waals surface area contributed by atoms with Crippen molar-refractivity contribution in [3.63, 3.8) is 0 Å². The summed E-state index contributed by atoms with van der Waals surface area (Å²) in [5.74, 6) is 0. The van der Waals surface area contributed by atoms with Crippen LogP contribution in [-0.2, 0) is 0 Å². The van der Waals surface area contributed by atoms with E-state index in [1.165, 1.54) is 6.21 Å². The molecule has 0 amide bonds. The molecule has 0 saturated carbocycles. The molecule has 0 radical (unpaired) electrons. The van der Waals surface area contributed by atoms with E-state index in [-0.39, 0.29) is 5.54 Å². The topological polar surface area (TPSA) is 49.9 Å². The molecule has 3 N–H and O–H groups in total. The van der Waals surface area contributed by atoms with Gasteiger partial charge in [-0.25, -0.2) is 0 Å². The van der Waals surface area contributed by atoms with E-state index in [1.54, 1.807) is 0 Å². The predicted molar refractivity (Wildman–Crippen MR) is 36.3 cm³/mol. The number of hydrogen-bond donors (Lipinski definition) is 2. The van der Waals surface area contributed by atoms with Gasteiger partial charge in [-0.05, 0) is 32.9 Å². The van der Waals surface area contributed by atoms with E-state index < -0.39 is 0 Å². The molecule has 2 heteroatoms. The maximum atomic E-state index is 6.70. The third-order valence-electron chi connectivity index (χ3n) is 0.933. The molecular weight excluding hydrogens is 100 g/mol. The Morgan fingerprint density at radius 1 is 1.62 bits per heavy atom. The number of hydrogen-bond acceptors (Lipinski definition) is 2. The van der Waals surface area contributed by atoms with Crippen LogP contribution in [0.25, 0.3) is 0 Å². The van der Waals surface area contributed by atoms with Crippen LogP contribution in [0.15, 0.2) is 0 Å². The van der Waals surface area contributed by atoms with Gasteiger partial charge in [-0.2, -0.15) is 0 Å². The van der Waals surface area contributed by atoms with E-state index in [1.807, 2.05) is 13.8 Å². The Balaban J connectivity index is 3.24. The normalized spacial score (nSPS) is 11.4. The van der Waals surface area contributed by atoms with Crippen LogP contribution in [0.5, 0.6) is 0 Å². The van der Waals surface area contributed by atoms with Gasteiger partial charge in [0, 0.05) is 5.54 Å². The molecule has 0 aromatic rings. The molecule has 0 aliphatic carbocycles. The Labute approximate surface area is 50.6 Å². The van der Waals surface area contributed by atoms with E-state index >= 15 is 0 Å². The van der Waals surface area contributed by atoms with Gasteiger partial charge < -0.3 is 11.1 Å². The predicted octanol–water partition coefficient (Wildman–Crippen LogP) is 1.15. The molecule has 0 bridgehead atoms. The van der Waals surface area contributed by atoms with Crippen LogP contribution in [0.1, 0.15) is 26.7 Å². The Kier molecular flexibility index (Phi) is 2.69. The summed E-state index contributed by atoms with van der Waals surface area (Å²) in [6.07, 6.45) is 3.09. The summed E-state index contributed by atoms with van der Waals surface area (Å²) < 4.78 is 0. The van der Waals surface area contributed by atoms with Gasteiger partial charge in [0.2, 0.25) is 0 Å². The van der Waals surface area contributed by atoms with E-state index in [9.17, 15) is 0 Å². The molecule has 0 rings (SSSR count). The highest BCUT2D eigenvalue weighted by atomic mass is 14.7. The lowest BCUT2D eigenvalue weighted by atomic mass is 10.0. The van der Waals surface area contributed by atoms with Gasteiger partial charge in [0.25, 0.3) is 0 Å². The summed E-state index contributed by atoms with van der Waals surface area (Å²) in [5.41, 5.74) is 5.52. The summed E-state index contributed by atoms with van der Waals surface area (Å²) in [6, 6.07) is 0. The van der Waals surface area contributed by atoms with Crippen LogP contribution in [0.2, 0.25) is 0 Å². The summed E-state index contributed by atoms with van der Waals surface area (Å²) >= 11 is 0. The average molecular weight is 114 g/mol. The fourth-order valence-corrected chi connectivity index (χ4v) is 0.444. The van der Waals surface area contributed by atoms with Crippen molar-refractivity contribution in [2.45, 2.75) is 32.2 Å². The van der Waals surface area contributed by atoms with Crippen molar-refractivity contribution in [3.8, 4) is 0 Å².